The van der Waals surface area contributed by atoms with Crippen LogP contribution in [0.25, 0.3) is 0 Å². The van der Waals surface area contributed by atoms with Gasteiger partial charge in [0.15, 0.2) is 5.03 Å². The average Bonchev–Trinajstić information content (AvgIpc) is 2.93. The van der Waals surface area contributed by atoms with Gasteiger partial charge in [0.25, 0.3) is 10.0 Å². The van der Waals surface area contributed by atoms with Gasteiger partial charge < -0.3 is 25.4 Å². The van der Waals surface area contributed by atoms with Crippen molar-refractivity contribution in [3.05, 3.63) is 23.9 Å². The zero-order chi connectivity index (χ0) is 28.8. The van der Waals surface area contributed by atoms with Crippen molar-refractivity contribution in [3.8, 4) is 0 Å². The normalized spacial score (nSPS) is 23.1. The molecule has 1 aromatic rings. The number of hydrogen-bond donors (Lipinski definition) is 2. The molecule has 0 aliphatic carbocycles. The number of carbonyl (C=O) groups excluding carboxylic acids is 2. The highest BCUT2D eigenvalue weighted by molar-refractivity contribution is 7.89. The number of amides is 2. The number of aliphatic carboxylic acids is 1. The Morgan fingerprint density at radius 1 is 1.15 bits per heavy atom. The maximum atomic E-state index is 13.5. The minimum atomic E-state index is -5.08. The number of piperidine rings is 2. The van der Waals surface area contributed by atoms with Crippen LogP contribution in [-0.2, 0) is 35.7 Å². The first kappa shape index (κ1) is 30.7. The molecule has 1 aromatic heterocycles. The van der Waals surface area contributed by atoms with Gasteiger partial charge >= 0.3 is 12.1 Å². The van der Waals surface area contributed by atoms with Crippen molar-refractivity contribution in [1.82, 2.24) is 19.1 Å². The van der Waals surface area contributed by atoms with E-state index < -0.39 is 28.1 Å². The van der Waals surface area contributed by atoms with E-state index in [9.17, 15) is 31.2 Å². The highest BCUT2D eigenvalue weighted by Crippen LogP contribution is 2.29. The van der Waals surface area contributed by atoms with E-state index in [0.717, 1.165) is 12.8 Å². The van der Waals surface area contributed by atoms with E-state index in [4.69, 9.17) is 20.4 Å². The van der Waals surface area contributed by atoms with Gasteiger partial charge in [0.05, 0.1) is 19.1 Å². The molecule has 218 valence electrons. The molecule has 2 unspecified atom stereocenters. The summed E-state index contributed by atoms with van der Waals surface area (Å²) in [6.45, 7) is 2.98. The van der Waals surface area contributed by atoms with Crippen molar-refractivity contribution >= 4 is 27.8 Å². The molecule has 0 spiro atoms. The lowest BCUT2D eigenvalue weighted by Crippen LogP contribution is -2.58. The lowest BCUT2D eigenvalue weighted by Gasteiger charge is -2.44. The summed E-state index contributed by atoms with van der Waals surface area (Å²) >= 11 is 0. The lowest BCUT2D eigenvalue weighted by atomic mass is 9.92. The number of carbonyl (C=O) groups is 3. The summed E-state index contributed by atoms with van der Waals surface area (Å²) in [5, 5.41) is 7.05. The highest BCUT2D eigenvalue weighted by atomic mass is 32.2. The Morgan fingerprint density at radius 3 is 2.41 bits per heavy atom. The number of carboxylic acid groups (broad SMARTS) is 1. The molecule has 3 fully saturated rings. The highest BCUT2D eigenvalue weighted by Gasteiger charge is 2.43. The summed E-state index contributed by atoms with van der Waals surface area (Å²) in [7, 11) is -3.95. The molecule has 16 heteroatoms. The van der Waals surface area contributed by atoms with Crippen LogP contribution in [0.1, 0.15) is 31.2 Å². The van der Waals surface area contributed by atoms with Gasteiger partial charge in [-0.2, -0.15) is 17.5 Å². The van der Waals surface area contributed by atoms with E-state index in [2.05, 4.69) is 4.98 Å². The largest absolute Gasteiger partial charge is 0.490 e. The molecule has 3 aliphatic heterocycles. The molecule has 0 bridgehead atoms. The summed E-state index contributed by atoms with van der Waals surface area (Å²) in [5.74, 6) is -3.32. The first-order chi connectivity index (χ1) is 18.3. The summed E-state index contributed by atoms with van der Waals surface area (Å²) in [6, 6.07) is 2.82. The van der Waals surface area contributed by atoms with Crippen LogP contribution in [0.15, 0.2) is 23.4 Å². The van der Waals surface area contributed by atoms with Crippen LogP contribution in [0.3, 0.4) is 0 Å². The molecule has 12 nitrogen and oxygen atoms in total. The minimum absolute atomic E-state index is 0.0290. The van der Waals surface area contributed by atoms with Crippen molar-refractivity contribution in [3.63, 3.8) is 0 Å². The minimum Gasteiger partial charge on any atom is -0.475 e. The third-order valence-electron chi connectivity index (χ3n) is 6.75. The predicted octanol–water partition coefficient (Wildman–Crippen LogP) is 0.424. The van der Waals surface area contributed by atoms with Gasteiger partial charge in [-0.3, -0.25) is 9.59 Å². The Bertz CT molecular complexity index is 1150. The maximum Gasteiger partial charge on any atom is 0.490 e. The summed E-state index contributed by atoms with van der Waals surface area (Å²) in [5.41, 5.74) is 6.34. The van der Waals surface area contributed by atoms with Gasteiger partial charge in [-0.05, 0) is 37.0 Å². The Morgan fingerprint density at radius 2 is 1.82 bits per heavy atom. The third kappa shape index (κ3) is 7.86. The molecule has 4 heterocycles. The zero-order valence-electron chi connectivity index (χ0n) is 21.2. The smallest absolute Gasteiger partial charge is 0.475 e. The molecule has 4 rings (SSSR count). The number of sulfonamides is 1. The van der Waals surface area contributed by atoms with Crippen molar-refractivity contribution in [2.45, 2.75) is 49.5 Å². The lowest BCUT2D eigenvalue weighted by molar-refractivity contribution is -0.192. The number of likely N-dealkylation sites (tertiary alicyclic amines) is 1. The number of pyridine rings is 1. The van der Waals surface area contributed by atoms with Crippen LogP contribution in [0.2, 0.25) is 0 Å². The van der Waals surface area contributed by atoms with Crippen LogP contribution in [0.4, 0.5) is 13.2 Å². The summed E-state index contributed by atoms with van der Waals surface area (Å²) in [6.07, 6.45) is -0.996. The molecule has 0 radical (unpaired) electrons. The molecule has 2 atom stereocenters. The Kier molecular flexibility index (Phi) is 10.3. The first-order valence-corrected chi connectivity index (χ1v) is 13.9. The van der Waals surface area contributed by atoms with E-state index in [1.165, 1.54) is 16.6 Å². The fourth-order valence-electron chi connectivity index (χ4n) is 4.74. The number of ether oxygens (including phenoxy) is 1. The second-order valence-corrected chi connectivity index (χ2v) is 11.3. The van der Waals surface area contributed by atoms with E-state index in [-0.39, 0.29) is 42.5 Å². The van der Waals surface area contributed by atoms with E-state index >= 15 is 0 Å². The molecule has 3 saturated heterocycles. The van der Waals surface area contributed by atoms with Crippen LogP contribution in [0.5, 0.6) is 0 Å². The Balaban J connectivity index is 0.000000532. The number of morpholine rings is 1. The SMILES string of the molecule is NCc1ccnc(S(=O)(=O)N2CC(C(=O)N3CCOCC3)CC(N3CCCCC3=O)C2)c1.O=C(O)C(F)(F)F. The summed E-state index contributed by atoms with van der Waals surface area (Å²) in [4.78, 5) is 42.4. The zero-order valence-corrected chi connectivity index (χ0v) is 22.0. The number of aromatic nitrogens is 1. The average molecular weight is 580 g/mol. The molecule has 3 N–H and O–H groups in total. The van der Waals surface area contributed by atoms with Crippen molar-refractivity contribution in [2.75, 3.05) is 45.9 Å². The molecule has 0 saturated carbocycles. The Labute approximate surface area is 223 Å². The van der Waals surface area contributed by atoms with Crippen molar-refractivity contribution in [1.29, 1.82) is 0 Å². The maximum absolute atomic E-state index is 13.5. The van der Waals surface area contributed by atoms with Crippen molar-refractivity contribution in [2.24, 2.45) is 11.7 Å². The first-order valence-electron chi connectivity index (χ1n) is 12.5. The van der Waals surface area contributed by atoms with Gasteiger partial charge in [-0.15, -0.1) is 0 Å². The van der Waals surface area contributed by atoms with Crippen LogP contribution >= 0.6 is 0 Å². The Hall–Kier alpha value is -2.82. The van der Waals surface area contributed by atoms with E-state index in [0.29, 0.717) is 51.3 Å². The van der Waals surface area contributed by atoms with E-state index in [1.807, 2.05) is 0 Å². The van der Waals surface area contributed by atoms with Gasteiger partial charge in [-0.25, -0.2) is 18.2 Å². The molecule has 3 aliphatic rings. The quantitative estimate of drug-likeness (QED) is 0.503. The van der Waals surface area contributed by atoms with E-state index in [1.54, 1.807) is 15.9 Å². The van der Waals surface area contributed by atoms with Gasteiger partial charge in [0.2, 0.25) is 11.8 Å². The second kappa shape index (κ2) is 13.0. The topological polar surface area (TPSA) is 163 Å². The van der Waals surface area contributed by atoms with Gasteiger partial charge in [0, 0.05) is 57.9 Å². The fraction of sp³-hybridized carbons (Fsp3) is 0.652. The summed E-state index contributed by atoms with van der Waals surface area (Å²) < 4.78 is 65.4. The number of halogens is 3. The molecular formula is C23H32F3N5O7S. The predicted molar refractivity (Wildman–Crippen MR) is 129 cm³/mol. The van der Waals surface area contributed by atoms with Gasteiger partial charge in [0.1, 0.15) is 0 Å². The van der Waals surface area contributed by atoms with Crippen LogP contribution in [0, 0.1) is 5.92 Å². The van der Waals surface area contributed by atoms with Crippen molar-refractivity contribution < 1.29 is 45.8 Å². The number of nitrogens with two attached hydrogens (primary N) is 1. The standard InChI is InChI=1S/C21H31N5O5S.C2HF3O2/c22-13-16-4-5-23-19(11-16)32(29,30)25-14-17(21(28)24-7-9-31-10-8-24)12-18(15-25)26-6-2-1-3-20(26)27;3-2(4,5)1(6)7/h4-5,11,17-18H,1-3,6-10,12-15,22H2;(H,6,7). The number of nitrogens with zero attached hydrogens (tertiary/aromatic N) is 4. The second-order valence-electron chi connectivity index (χ2n) is 9.40. The molecule has 2 amide bonds. The molecular weight excluding hydrogens is 547 g/mol. The number of rotatable bonds is 5. The molecule has 39 heavy (non-hydrogen) atoms. The van der Waals surface area contributed by atoms with Crippen LogP contribution < -0.4 is 5.73 Å². The van der Waals surface area contributed by atoms with Gasteiger partial charge in [-0.1, -0.05) is 0 Å². The fourth-order valence-corrected chi connectivity index (χ4v) is 6.24. The number of carboxylic acids is 1. The monoisotopic (exact) mass is 579 g/mol. The van der Waals surface area contributed by atoms with Crippen LogP contribution in [-0.4, -0.2) is 109 Å². The molecule has 0 aromatic carbocycles. The number of alkyl halides is 3. The number of hydrogen-bond acceptors (Lipinski definition) is 8. The third-order valence-corrected chi connectivity index (χ3v) is 8.48.